The van der Waals surface area contributed by atoms with E-state index in [1.807, 2.05) is 24.7 Å². The van der Waals surface area contributed by atoms with Crippen molar-refractivity contribution in [3.63, 3.8) is 0 Å². The van der Waals surface area contributed by atoms with E-state index in [9.17, 15) is 9.59 Å². The highest BCUT2D eigenvalue weighted by molar-refractivity contribution is 5.88. The van der Waals surface area contributed by atoms with Gasteiger partial charge in [-0.15, -0.1) is 0 Å². The molecule has 3 rings (SSSR count). The zero-order valence-electron chi connectivity index (χ0n) is 13.9. The predicted molar refractivity (Wildman–Crippen MR) is 85.0 cm³/mol. The van der Waals surface area contributed by atoms with E-state index in [1.54, 1.807) is 11.0 Å². The first-order valence-corrected chi connectivity index (χ1v) is 8.14. The van der Waals surface area contributed by atoms with Crippen molar-refractivity contribution in [3.8, 4) is 0 Å². The van der Waals surface area contributed by atoms with Crippen LogP contribution in [0.5, 0.6) is 0 Å². The van der Waals surface area contributed by atoms with Gasteiger partial charge < -0.3 is 9.64 Å². The summed E-state index contributed by atoms with van der Waals surface area (Å²) in [5, 5.41) is 7.17. The van der Waals surface area contributed by atoms with Gasteiger partial charge in [0.2, 0.25) is 0 Å². The Labute approximate surface area is 136 Å². The molecule has 7 nitrogen and oxygen atoms in total. The summed E-state index contributed by atoms with van der Waals surface area (Å²) in [5.41, 5.74) is 0.0725. The first-order valence-electron chi connectivity index (χ1n) is 8.14. The molecule has 2 heterocycles. The summed E-state index contributed by atoms with van der Waals surface area (Å²) in [7, 11) is 1.44. The number of hydrogen-bond acceptors (Lipinski definition) is 4. The van der Waals surface area contributed by atoms with Crippen LogP contribution in [0.1, 0.15) is 39.2 Å². The SMILES string of the molecule is COC(=O)[C@H]1CC12CCN(C(=O)Nc1ccn(C(C)C)n1)CC2. The van der Waals surface area contributed by atoms with Crippen LogP contribution in [0.25, 0.3) is 0 Å². The number of nitrogens with zero attached hydrogens (tertiary/aromatic N) is 3. The van der Waals surface area contributed by atoms with Crippen molar-refractivity contribution in [2.24, 2.45) is 11.3 Å². The summed E-state index contributed by atoms with van der Waals surface area (Å²) >= 11 is 0. The Morgan fingerprint density at radius 1 is 1.39 bits per heavy atom. The van der Waals surface area contributed by atoms with Gasteiger partial charge in [-0.1, -0.05) is 0 Å². The van der Waals surface area contributed by atoms with Crippen molar-refractivity contribution in [2.45, 2.75) is 39.2 Å². The zero-order valence-corrected chi connectivity index (χ0v) is 13.9. The Balaban J connectivity index is 1.52. The second kappa shape index (κ2) is 5.86. The fraction of sp³-hybridized carbons (Fsp3) is 0.688. The molecule has 2 amide bonds. The first kappa shape index (κ1) is 15.8. The maximum Gasteiger partial charge on any atom is 0.323 e. The van der Waals surface area contributed by atoms with Gasteiger partial charge in [-0.05, 0) is 38.5 Å². The first-order chi connectivity index (χ1) is 10.9. The topological polar surface area (TPSA) is 76.5 Å². The number of carbonyl (C=O) groups is 2. The van der Waals surface area contributed by atoms with E-state index in [1.165, 1.54) is 7.11 Å². The van der Waals surface area contributed by atoms with Crippen molar-refractivity contribution < 1.29 is 14.3 Å². The number of rotatable bonds is 3. The number of hydrogen-bond donors (Lipinski definition) is 1. The second-order valence-corrected chi connectivity index (χ2v) is 6.83. The number of esters is 1. The fourth-order valence-electron chi connectivity index (χ4n) is 3.41. The van der Waals surface area contributed by atoms with Gasteiger partial charge in [-0.2, -0.15) is 5.10 Å². The van der Waals surface area contributed by atoms with Crippen LogP contribution in [0.3, 0.4) is 0 Å². The van der Waals surface area contributed by atoms with Crippen molar-refractivity contribution in [2.75, 3.05) is 25.5 Å². The third-order valence-corrected chi connectivity index (χ3v) is 5.09. The van der Waals surface area contributed by atoms with Crippen LogP contribution in [-0.2, 0) is 9.53 Å². The zero-order chi connectivity index (χ0) is 16.6. The van der Waals surface area contributed by atoms with Crippen LogP contribution in [0.2, 0.25) is 0 Å². The van der Waals surface area contributed by atoms with Gasteiger partial charge in [0, 0.05) is 31.4 Å². The van der Waals surface area contributed by atoms with Gasteiger partial charge in [0.1, 0.15) is 0 Å². The minimum absolute atomic E-state index is 0.0273. The van der Waals surface area contributed by atoms with E-state index in [4.69, 9.17) is 4.74 Å². The minimum Gasteiger partial charge on any atom is -0.469 e. The summed E-state index contributed by atoms with van der Waals surface area (Å²) in [4.78, 5) is 25.8. The van der Waals surface area contributed by atoms with Gasteiger partial charge in [0.05, 0.1) is 13.0 Å². The molecule has 1 aromatic rings. The molecule has 1 N–H and O–H groups in total. The summed E-state index contributed by atoms with van der Waals surface area (Å²) in [6, 6.07) is 1.95. The normalized spacial score (nSPS) is 22.3. The summed E-state index contributed by atoms with van der Waals surface area (Å²) in [6.07, 6.45) is 4.48. The molecule has 1 aliphatic heterocycles. The van der Waals surface area contributed by atoms with E-state index >= 15 is 0 Å². The molecule has 1 aliphatic carbocycles. The van der Waals surface area contributed by atoms with Crippen molar-refractivity contribution in [3.05, 3.63) is 12.3 Å². The van der Waals surface area contributed by atoms with E-state index in [0.29, 0.717) is 18.9 Å². The van der Waals surface area contributed by atoms with Crippen LogP contribution in [-0.4, -0.2) is 46.9 Å². The quantitative estimate of drug-likeness (QED) is 0.867. The molecule has 1 spiro atoms. The number of likely N-dealkylation sites (tertiary alicyclic amines) is 1. The number of anilines is 1. The average molecular weight is 320 g/mol. The second-order valence-electron chi connectivity index (χ2n) is 6.83. The lowest BCUT2D eigenvalue weighted by Gasteiger charge is -2.32. The van der Waals surface area contributed by atoms with Gasteiger partial charge in [-0.3, -0.25) is 14.8 Å². The molecule has 0 bridgehead atoms. The van der Waals surface area contributed by atoms with Crippen LogP contribution in [0, 0.1) is 11.3 Å². The lowest BCUT2D eigenvalue weighted by molar-refractivity contribution is -0.143. The molecular formula is C16H24N4O3. The number of nitrogens with one attached hydrogen (secondary N) is 1. The third-order valence-electron chi connectivity index (χ3n) is 5.09. The Bertz CT molecular complexity index is 602. The van der Waals surface area contributed by atoms with Crippen LogP contribution < -0.4 is 5.32 Å². The molecule has 0 unspecified atom stereocenters. The number of urea groups is 1. The van der Waals surface area contributed by atoms with E-state index in [2.05, 4.69) is 10.4 Å². The van der Waals surface area contributed by atoms with E-state index in [0.717, 1.165) is 19.3 Å². The number of aromatic nitrogens is 2. The van der Waals surface area contributed by atoms with Crippen LogP contribution in [0.4, 0.5) is 10.6 Å². The third kappa shape index (κ3) is 3.04. The Hall–Kier alpha value is -2.05. The van der Waals surface area contributed by atoms with Gasteiger partial charge >= 0.3 is 12.0 Å². The van der Waals surface area contributed by atoms with Gasteiger partial charge in [0.15, 0.2) is 5.82 Å². The monoisotopic (exact) mass is 320 g/mol. The summed E-state index contributed by atoms with van der Waals surface area (Å²) in [5.74, 6) is 0.490. The predicted octanol–water partition coefficient (Wildman–Crippen LogP) is 2.27. The van der Waals surface area contributed by atoms with Crippen LogP contribution >= 0.6 is 0 Å². The van der Waals surface area contributed by atoms with Crippen molar-refractivity contribution in [1.29, 1.82) is 0 Å². The van der Waals surface area contributed by atoms with E-state index < -0.39 is 0 Å². The lowest BCUT2D eigenvalue weighted by Crippen LogP contribution is -2.42. The standard InChI is InChI=1S/C16H24N4O3/c1-11(2)20-7-4-13(18-20)17-15(22)19-8-5-16(6-9-19)10-12(16)14(21)23-3/h4,7,11-12H,5-6,8-10H2,1-3H3,(H,17,18,22)/t12-/m1/s1. The average Bonchev–Trinajstić information content (AvgIpc) is 3.02. The highest BCUT2D eigenvalue weighted by Gasteiger charge is 2.59. The highest BCUT2D eigenvalue weighted by Crippen LogP contribution is 2.59. The minimum atomic E-state index is -0.121. The molecule has 0 radical (unpaired) electrons. The number of methoxy groups -OCH3 is 1. The Morgan fingerprint density at radius 3 is 2.65 bits per heavy atom. The number of ether oxygens (including phenoxy) is 1. The van der Waals surface area contributed by atoms with E-state index in [-0.39, 0.29) is 29.4 Å². The number of piperidine rings is 1. The number of amides is 2. The molecule has 1 atom stereocenters. The van der Waals surface area contributed by atoms with Gasteiger partial charge in [-0.25, -0.2) is 4.79 Å². The smallest absolute Gasteiger partial charge is 0.323 e. The Morgan fingerprint density at radius 2 is 2.09 bits per heavy atom. The molecule has 23 heavy (non-hydrogen) atoms. The number of carbonyl (C=O) groups excluding carboxylic acids is 2. The highest BCUT2D eigenvalue weighted by atomic mass is 16.5. The van der Waals surface area contributed by atoms with Crippen molar-refractivity contribution in [1.82, 2.24) is 14.7 Å². The van der Waals surface area contributed by atoms with Crippen molar-refractivity contribution >= 4 is 17.8 Å². The Kier molecular flexibility index (Phi) is 4.04. The maximum absolute atomic E-state index is 12.3. The molecule has 0 aromatic carbocycles. The van der Waals surface area contributed by atoms with Crippen LogP contribution in [0.15, 0.2) is 12.3 Å². The van der Waals surface area contributed by atoms with Gasteiger partial charge in [0.25, 0.3) is 0 Å². The molecule has 1 aromatic heterocycles. The molecule has 1 saturated carbocycles. The molecule has 126 valence electrons. The largest absolute Gasteiger partial charge is 0.469 e. The maximum atomic E-state index is 12.3. The molecule has 2 fully saturated rings. The molecule has 2 aliphatic rings. The summed E-state index contributed by atoms with van der Waals surface area (Å²) < 4.78 is 6.65. The lowest BCUT2D eigenvalue weighted by atomic mass is 9.91. The fourth-order valence-corrected chi connectivity index (χ4v) is 3.41. The molecular weight excluding hydrogens is 296 g/mol. The summed E-state index contributed by atoms with van der Waals surface area (Å²) in [6.45, 7) is 5.42. The molecule has 7 heteroatoms. The molecule has 1 saturated heterocycles.